The van der Waals surface area contributed by atoms with E-state index in [0.717, 1.165) is 0 Å². The largest absolute Gasteiger partial charge is 0.389 e. The van der Waals surface area contributed by atoms with E-state index in [0.29, 0.717) is 31.5 Å². The predicted molar refractivity (Wildman–Crippen MR) is 75.9 cm³/mol. The highest BCUT2D eigenvalue weighted by Crippen LogP contribution is 2.24. The van der Waals surface area contributed by atoms with Crippen LogP contribution in [-0.4, -0.2) is 44.1 Å². The fraction of sp³-hybridized carbons (Fsp3) is 0.571. The summed E-state index contributed by atoms with van der Waals surface area (Å²) in [5, 5.41) is 9.57. The molecule has 20 heavy (non-hydrogen) atoms. The predicted octanol–water partition coefficient (Wildman–Crippen LogP) is 1.54. The first-order valence-electron chi connectivity index (χ1n) is 6.76. The second-order valence-corrected chi connectivity index (χ2v) is 7.03. The van der Waals surface area contributed by atoms with Gasteiger partial charge >= 0.3 is 0 Å². The maximum absolute atomic E-state index is 12.6. The molecule has 112 valence electrons. The van der Waals surface area contributed by atoms with Gasteiger partial charge in [0.15, 0.2) is 0 Å². The van der Waals surface area contributed by atoms with E-state index in [1.54, 1.807) is 38.3 Å². The summed E-state index contributed by atoms with van der Waals surface area (Å²) in [5.41, 5.74) is 0.609. The molecule has 0 amide bonds. The maximum Gasteiger partial charge on any atom is 0.243 e. The van der Waals surface area contributed by atoms with E-state index in [2.05, 4.69) is 0 Å². The molecule has 6 heteroatoms. The number of benzene rings is 1. The molecule has 1 aliphatic rings. The summed E-state index contributed by atoms with van der Waals surface area (Å²) in [7, 11) is -1.83. The summed E-state index contributed by atoms with van der Waals surface area (Å²) in [6.45, 7) is 2.56. The fourth-order valence-corrected chi connectivity index (χ4v) is 3.92. The summed E-state index contributed by atoms with van der Waals surface area (Å²) in [4.78, 5) is 0.242. The van der Waals surface area contributed by atoms with Crippen LogP contribution in [-0.2, 0) is 14.8 Å². The first-order chi connectivity index (χ1) is 9.45. The van der Waals surface area contributed by atoms with Gasteiger partial charge in [-0.2, -0.15) is 4.31 Å². The average molecular weight is 299 g/mol. The van der Waals surface area contributed by atoms with Gasteiger partial charge in [-0.1, -0.05) is 12.1 Å². The van der Waals surface area contributed by atoms with Gasteiger partial charge < -0.3 is 9.84 Å². The van der Waals surface area contributed by atoms with Crippen LogP contribution >= 0.6 is 0 Å². The second kappa shape index (κ2) is 6.22. The van der Waals surface area contributed by atoms with E-state index in [9.17, 15) is 13.5 Å². The Bertz CT molecular complexity index is 548. The zero-order chi connectivity index (χ0) is 14.8. The Morgan fingerprint density at radius 3 is 2.55 bits per heavy atom. The number of sulfonamides is 1. The highest BCUT2D eigenvalue weighted by Gasteiger charge is 2.29. The lowest BCUT2D eigenvalue weighted by molar-refractivity contribution is 0.0604. The van der Waals surface area contributed by atoms with Gasteiger partial charge in [0.25, 0.3) is 0 Å². The van der Waals surface area contributed by atoms with Gasteiger partial charge in [-0.05, 0) is 37.5 Å². The maximum atomic E-state index is 12.6. The first kappa shape index (κ1) is 15.4. The monoisotopic (exact) mass is 299 g/mol. The van der Waals surface area contributed by atoms with Gasteiger partial charge in [0.2, 0.25) is 10.0 Å². The van der Waals surface area contributed by atoms with Crippen molar-refractivity contribution in [1.29, 1.82) is 0 Å². The van der Waals surface area contributed by atoms with Gasteiger partial charge in [0, 0.05) is 20.2 Å². The van der Waals surface area contributed by atoms with Crippen LogP contribution in [0.4, 0.5) is 0 Å². The van der Waals surface area contributed by atoms with Crippen LogP contribution in [0.5, 0.6) is 0 Å². The second-order valence-electron chi connectivity index (χ2n) is 5.09. The van der Waals surface area contributed by atoms with E-state index in [1.165, 1.54) is 4.31 Å². The molecule has 0 saturated carbocycles. The average Bonchev–Trinajstić information content (AvgIpc) is 2.47. The number of aliphatic hydroxyl groups excluding tert-OH is 1. The van der Waals surface area contributed by atoms with Crippen molar-refractivity contribution in [3.8, 4) is 0 Å². The molecule has 5 nitrogen and oxygen atoms in total. The van der Waals surface area contributed by atoms with E-state index in [1.807, 2.05) is 0 Å². The number of aliphatic hydroxyl groups is 1. The number of ether oxygens (including phenoxy) is 1. The molecule has 2 rings (SSSR count). The third kappa shape index (κ3) is 3.20. The van der Waals surface area contributed by atoms with E-state index < -0.39 is 16.1 Å². The minimum atomic E-state index is -3.48. The number of rotatable bonds is 4. The molecule has 0 aliphatic carbocycles. The zero-order valence-electron chi connectivity index (χ0n) is 11.8. The van der Waals surface area contributed by atoms with Crippen LogP contribution in [0.25, 0.3) is 0 Å². The number of methoxy groups -OCH3 is 1. The van der Waals surface area contributed by atoms with E-state index in [-0.39, 0.29) is 11.0 Å². The molecule has 1 fully saturated rings. The van der Waals surface area contributed by atoms with Gasteiger partial charge in [-0.25, -0.2) is 8.42 Å². The molecule has 1 heterocycles. The van der Waals surface area contributed by atoms with Crippen molar-refractivity contribution < 1.29 is 18.3 Å². The molecule has 0 bridgehead atoms. The van der Waals surface area contributed by atoms with Crippen molar-refractivity contribution in [2.75, 3.05) is 20.2 Å². The van der Waals surface area contributed by atoms with Gasteiger partial charge in [0.05, 0.1) is 17.1 Å². The third-order valence-electron chi connectivity index (χ3n) is 3.71. The highest BCUT2D eigenvalue weighted by molar-refractivity contribution is 7.89. The SMILES string of the molecule is COC1CCN(S(=O)(=O)c2cccc(C(C)O)c2)CC1. The lowest BCUT2D eigenvalue weighted by Crippen LogP contribution is -2.40. The summed E-state index contributed by atoms with van der Waals surface area (Å²) in [5.74, 6) is 0. The Labute approximate surface area is 120 Å². The smallest absolute Gasteiger partial charge is 0.243 e. The van der Waals surface area contributed by atoms with Crippen LogP contribution in [0.2, 0.25) is 0 Å². The Morgan fingerprint density at radius 1 is 1.35 bits per heavy atom. The highest BCUT2D eigenvalue weighted by atomic mass is 32.2. The summed E-state index contributed by atoms with van der Waals surface area (Å²) in [6.07, 6.45) is 0.895. The molecule has 1 unspecified atom stereocenters. The quantitative estimate of drug-likeness (QED) is 0.916. The van der Waals surface area contributed by atoms with Gasteiger partial charge in [-0.15, -0.1) is 0 Å². The van der Waals surface area contributed by atoms with Crippen molar-refractivity contribution >= 4 is 10.0 Å². The minimum absolute atomic E-state index is 0.144. The van der Waals surface area contributed by atoms with E-state index >= 15 is 0 Å². The topological polar surface area (TPSA) is 66.8 Å². The summed E-state index contributed by atoms with van der Waals surface area (Å²) >= 11 is 0. The number of hydrogen-bond donors (Lipinski definition) is 1. The molecule has 0 aromatic heterocycles. The summed E-state index contributed by atoms with van der Waals surface area (Å²) in [6, 6.07) is 6.50. The fourth-order valence-electron chi connectivity index (χ4n) is 2.39. The first-order valence-corrected chi connectivity index (χ1v) is 8.20. The molecule has 0 radical (unpaired) electrons. The Hall–Kier alpha value is -0.950. The molecule has 0 spiro atoms. The van der Waals surface area contributed by atoms with Crippen LogP contribution in [0.1, 0.15) is 31.4 Å². The Balaban J connectivity index is 2.20. The molecular weight excluding hydrogens is 278 g/mol. The standard InChI is InChI=1S/C14H21NO4S/c1-11(16)12-4-3-5-14(10-12)20(17,18)15-8-6-13(19-2)7-9-15/h3-5,10-11,13,16H,6-9H2,1-2H3. The molecule has 1 atom stereocenters. The Morgan fingerprint density at radius 2 is 2.00 bits per heavy atom. The van der Waals surface area contributed by atoms with Gasteiger partial charge in [0.1, 0.15) is 0 Å². The third-order valence-corrected chi connectivity index (χ3v) is 5.61. The van der Waals surface area contributed by atoms with Crippen LogP contribution in [0.15, 0.2) is 29.2 Å². The number of nitrogens with zero attached hydrogens (tertiary/aromatic N) is 1. The molecule has 1 saturated heterocycles. The van der Waals surface area contributed by atoms with Crippen LogP contribution < -0.4 is 0 Å². The lowest BCUT2D eigenvalue weighted by Gasteiger charge is -2.30. The molecule has 1 aliphatic heterocycles. The summed E-state index contributed by atoms with van der Waals surface area (Å²) < 4.78 is 31.9. The van der Waals surface area contributed by atoms with Crippen molar-refractivity contribution in [2.45, 2.75) is 36.9 Å². The van der Waals surface area contributed by atoms with Gasteiger partial charge in [-0.3, -0.25) is 0 Å². The van der Waals surface area contributed by atoms with Crippen LogP contribution in [0, 0.1) is 0 Å². The number of piperidine rings is 1. The Kier molecular flexibility index (Phi) is 4.80. The minimum Gasteiger partial charge on any atom is -0.389 e. The normalized spacial score (nSPS) is 19.9. The zero-order valence-corrected chi connectivity index (χ0v) is 12.6. The molecule has 1 aromatic rings. The molecular formula is C14H21NO4S. The lowest BCUT2D eigenvalue weighted by atomic mass is 10.1. The molecule has 1 N–H and O–H groups in total. The van der Waals surface area contributed by atoms with Crippen molar-refractivity contribution in [3.05, 3.63) is 29.8 Å². The van der Waals surface area contributed by atoms with Crippen molar-refractivity contribution in [2.24, 2.45) is 0 Å². The number of hydrogen-bond acceptors (Lipinski definition) is 4. The molecule has 1 aromatic carbocycles. The van der Waals surface area contributed by atoms with Crippen molar-refractivity contribution in [1.82, 2.24) is 4.31 Å². The van der Waals surface area contributed by atoms with Crippen molar-refractivity contribution in [3.63, 3.8) is 0 Å². The van der Waals surface area contributed by atoms with E-state index in [4.69, 9.17) is 4.74 Å². The van der Waals surface area contributed by atoms with Crippen LogP contribution in [0.3, 0.4) is 0 Å².